The molecule has 9 heteroatoms. The van der Waals surface area contributed by atoms with Crippen molar-refractivity contribution in [2.75, 3.05) is 5.32 Å². The van der Waals surface area contributed by atoms with Crippen molar-refractivity contribution in [3.05, 3.63) is 41.7 Å². The second kappa shape index (κ2) is 7.39. The number of nitrogens with zero attached hydrogens (tertiary/aromatic N) is 5. The zero-order chi connectivity index (χ0) is 17.8. The summed E-state index contributed by atoms with van der Waals surface area (Å²) in [7, 11) is 1.77. The van der Waals surface area contributed by atoms with E-state index in [1.54, 1.807) is 17.9 Å². The van der Waals surface area contributed by atoms with Crippen LogP contribution in [0.3, 0.4) is 0 Å². The fraction of sp³-hybridized carbons (Fsp3) is 0.312. The van der Waals surface area contributed by atoms with Gasteiger partial charge in [0.2, 0.25) is 5.13 Å². The number of urea groups is 1. The molecule has 0 radical (unpaired) electrons. The first-order valence-corrected chi connectivity index (χ1v) is 8.67. The summed E-state index contributed by atoms with van der Waals surface area (Å²) in [6.07, 6.45) is 1.60. The van der Waals surface area contributed by atoms with Crippen LogP contribution in [0, 0.1) is 0 Å². The zero-order valence-corrected chi connectivity index (χ0v) is 15.0. The first kappa shape index (κ1) is 17.0. The molecule has 0 aliphatic rings. The minimum absolute atomic E-state index is 0.331. The van der Waals surface area contributed by atoms with Crippen LogP contribution in [0.15, 0.2) is 30.5 Å². The van der Waals surface area contributed by atoms with Crippen molar-refractivity contribution in [2.45, 2.75) is 26.3 Å². The Kier molecular flexibility index (Phi) is 5.03. The Balaban J connectivity index is 1.59. The Morgan fingerprint density at radius 2 is 2.00 bits per heavy atom. The molecule has 0 fully saturated rings. The predicted octanol–water partition coefficient (Wildman–Crippen LogP) is 2.78. The SMILES string of the molecule is CC(C)c1ccc(-c2nnc(NC(=O)NCc3cnnn3C)s2)cc1. The number of amides is 2. The van der Waals surface area contributed by atoms with Gasteiger partial charge in [-0.15, -0.1) is 15.3 Å². The minimum atomic E-state index is -0.348. The average Bonchev–Trinajstić information content (AvgIpc) is 3.22. The van der Waals surface area contributed by atoms with Crippen LogP contribution in [0.2, 0.25) is 0 Å². The summed E-state index contributed by atoms with van der Waals surface area (Å²) < 4.78 is 1.60. The van der Waals surface area contributed by atoms with Crippen LogP contribution in [0.25, 0.3) is 10.6 Å². The zero-order valence-electron chi connectivity index (χ0n) is 14.2. The average molecular weight is 357 g/mol. The molecule has 0 aliphatic heterocycles. The van der Waals surface area contributed by atoms with Crippen LogP contribution >= 0.6 is 11.3 Å². The van der Waals surface area contributed by atoms with Gasteiger partial charge in [0.1, 0.15) is 5.01 Å². The van der Waals surface area contributed by atoms with E-state index in [-0.39, 0.29) is 6.03 Å². The van der Waals surface area contributed by atoms with Crippen molar-refractivity contribution >= 4 is 22.5 Å². The number of aromatic nitrogens is 5. The quantitative estimate of drug-likeness (QED) is 0.732. The van der Waals surface area contributed by atoms with Crippen LogP contribution in [0.5, 0.6) is 0 Å². The fourth-order valence-electron chi connectivity index (χ4n) is 2.18. The number of benzene rings is 1. The fourth-order valence-corrected chi connectivity index (χ4v) is 2.93. The summed E-state index contributed by atoms with van der Waals surface area (Å²) in [5.74, 6) is 0.485. The van der Waals surface area contributed by atoms with Gasteiger partial charge in [0.25, 0.3) is 0 Å². The highest BCUT2D eigenvalue weighted by Gasteiger charge is 2.10. The van der Waals surface area contributed by atoms with E-state index in [2.05, 4.69) is 57.1 Å². The second-order valence-corrected chi connectivity index (χ2v) is 6.82. The van der Waals surface area contributed by atoms with Gasteiger partial charge in [0.05, 0.1) is 18.4 Å². The standard InChI is InChI=1S/C16H19N7OS/c1-10(2)11-4-6-12(7-5-11)14-20-21-16(25-14)19-15(24)17-8-13-9-18-22-23(13)3/h4-7,9-10H,8H2,1-3H3,(H2,17,19,21,24). The first-order chi connectivity index (χ1) is 12.0. The van der Waals surface area contributed by atoms with Gasteiger partial charge in [-0.2, -0.15) is 0 Å². The van der Waals surface area contributed by atoms with Crippen LogP contribution in [-0.2, 0) is 13.6 Å². The predicted molar refractivity (Wildman–Crippen MR) is 96.3 cm³/mol. The van der Waals surface area contributed by atoms with Gasteiger partial charge >= 0.3 is 6.03 Å². The van der Waals surface area contributed by atoms with Gasteiger partial charge in [-0.1, -0.05) is 54.7 Å². The number of nitrogens with one attached hydrogen (secondary N) is 2. The molecule has 0 unspecified atom stereocenters. The number of hydrogen-bond donors (Lipinski definition) is 2. The van der Waals surface area contributed by atoms with Gasteiger partial charge < -0.3 is 5.32 Å². The molecule has 130 valence electrons. The van der Waals surface area contributed by atoms with E-state index in [0.717, 1.165) is 16.3 Å². The van der Waals surface area contributed by atoms with E-state index in [1.807, 2.05) is 12.1 Å². The van der Waals surface area contributed by atoms with Crippen molar-refractivity contribution in [2.24, 2.45) is 7.05 Å². The number of anilines is 1. The Bertz CT molecular complexity index is 854. The normalized spacial score (nSPS) is 10.9. The van der Waals surface area contributed by atoms with Gasteiger partial charge in [-0.05, 0) is 11.5 Å². The molecule has 2 N–H and O–H groups in total. The molecule has 3 aromatic rings. The van der Waals surface area contributed by atoms with Gasteiger partial charge in [0, 0.05) is 12.6 Å². The molecule has 0 aliphatic carbocycles. The molecular weight excluding hydrogens is 338 g/mol. The van der Waals surface area contributed by atoms with Gasteiger partial charge in [0.15, 0.2) is 0 Å². The number of aryl methyl sites for hydroxylation is 1. The molecule has 0 bridgehead atoms. The maximum absolute atomic E-state index is 12.0. The highest BCUT2D eigenvalue weighted by molar-refractivity contribution is 7.18. The summed E-state index contributed by atoms with van der Waals surface area (Å²) in [5, 5.41) is 22.4. The number of carbonyl (C=O) groups is 1. The van der Waals surface area contributed by atoms with E-state index >= 15 is 0 Å². The summed E-state index contributed by atoms with van der Waals surface area (Å²) in [4.78, 5) is 12.0. The first-order valence-electron chi connectivity index (χ1n) is 7.85. The third-order valence-corrected chi connectivity index (χ3v) is 4.60. The minimum Gasteiger partial charge on any atom is -0.332 e. The van der Waals surface area contributed by atoms with Crippen molar-refractivity contribution < 1.29 is 4.79 Å². The molecule has 0 saturated heterocycles. The molecule has 25 heavy (non-hydrogen) atoms. The summed E-state index contributed by atoms with van der Waals surface area (Å²) in [6, 6.07) is 7.87. The van der Waals surface area contributed by atoms with Crippen molar-refractivity contribution in [3.8, 4) is 10.6 Å². The highest BCUT2D eigenvalue weighted by Crippen LogP contribution is 2.27. The van der Waals surface area contributed by atoms with Crippen molar-refractivity contribution in [1.82, 2.24) is 30.5 Å². The monoisotopic (exact) mass is 357 g/mol. The number of carbonyl (C=O) groups excluding carboxylic acids is 1. The lowest BCUT2D eigenvalue weighted by Gasteiger charge is -2.05. The molecule has 8 nitrogen and oxygen atoms in total. The maximum atomic E-state index is 12.0. The molecule has 0 spiro atoms. The molecule has 2 heterocycles. The van der Waals surface area contributed by atoms with Crippen LogP contribution < -0.4 is 10.6 Å². The van der Waals surface area contributed by atoms with Gasteiger partial charge in [-0.3, -0.25) is 10.00 Å². The highest BCUT2D eigenvalue weighted by atomic mass is 32.1. The summed E-state index contributed by atoms with van der Waals surface area (Å²) >= 11 is 1.33. The molecule has 2 amide bonds. The lowest BCUT2D eigenvalue weighted by atomic mass is 10.0. The number of hydrogen-bond acceptors (Lipinski definition) is 6. The Labute approximate surface area is 149 Å². The summed E-state index contributed by atoms with van der Waals surface area (Å²) in [5.41, 5.74) is 3.06. The Hall–Kier alpha value is -2.81. The van der Waals surface area contributed by atoms with E-state index in [1.165, 1.54) is 16.9 Å². The van der Waals surface area contributed by atoms with Gasteiger partial charge in [-0.25, -0.2) is 4.79 Å². The smallest absolute Gasteiger partial charge is 0.321 e. The van der Waals surface area contributed by atoms with Crippen LogP contribution in [0.1, 0.15) is 31.0 Å². The molecule has 3 rings (SSSR count). The lowest BCUT2D eigenvalue weighted by molar-refractivity contribution is 0.251. The van der Waals surface area contributed by atoms with Crippen LogP contribution in [0.4, 0.5) is 9.93 Å². The van der Waals surface area contributed by atoms with E-state index in [0.29, 0.717) is 17.6 Å². The van der Waals surface area contributed by atoms with E-state index in [9.17, 15) is 4.79 Å². The topological polar surface area (TPSA) is 97.6 Å². The lowest BCUT2D eigenvalue weighted by Crippen LogP contribution is -2.28. The third kappa shape index (κ3) is 4.18. The largest absolute Gasteiger partial charge is 0.332 e. The molecular formula is C16H19N7OS. The van der Waals surface area contributed by atoms with Crippen LogP contribution in [-0.4, -0.2) is 31.2 Å². The molecule has 2 aromatic heterocycles. The molecule has 0 saturated carbocycles. The van der Waals surface area contributed by atoms with E-state index < -0.39 is 0 Å². The second-order valence-electron chi connectivity index (χ2n) is 5.85. The Morgan fingerprint density at radius 1 is 1.24 bits per heavy atom. The van der Waals surface area contributed by atoms with Crippen molar-refractivity contribution in [3.63, 3.8) is 0 Å². The number of rotatable bonds is 5. The third-order valence-electron chi connectivity index (χ3n) is 3.71. The molecule has 0 atom stereocenters. The van der Waals surface area contributed by atoms with E-state index in [4.69, 9.17) is 0 Å². The maximum Gasteiger partial charge on any atom is 0.321 e. The molecule has 1 aromatic carbocycles. The Morgan fingerprint density at radius 3 is 2.64 bits per heavy atom. The summed E-state index contributed by atoms with van der Waals surface area (Å²) in [6.45, 7) is 4.64. The van der Waals surface area contributed by atoms with Crippen molar-refractivity contribution in [1.29, 1.82) is 0 Å².